The molecule has 2 aromatic carbocycles. The highest BCUT2D eigenvalue weighted by Gasteiger charge is 2.11. The van der Waals surface area contributed by atoms with E-state index in [1.54, 1.807) is 0 Å². The minimum Gasteiger partial charge on any atom is -0.411 e. The average Bonchev–Trinajstić information content (AvgIpc) is 3.03. The van der Waals surface area contributed by atoms with E-state index in [-0.39, 0.29) is 6.61 Å². The molecule has 1 heterocycles. The fourth-order valence-corrected chi connectivity index (χ4v) is 2.76. The molecular weight excluding hydrogens is 300 g/mol. The predicted octanol–water partition coefficient (Wildman–Crippen LogP) is 2.99. The lowest BCUT2D eigenvalue weighted by atomic mass is 10.0. The van der Waals surface area contributed by atoms with E-state index in [1.807, 2.05) is 30.3 Å². The first-order valence-electron chi connectivity index (χ1n) is 7.01. The van der Waals surface area contributed by atoms with Gasteiger partial charge in [0.1, 0.15) is 0 Å². The summed E-state index contributed by atoms with van der Waals surface area (Å²) in [6, 6.07) is 14.1. The van der Waals surface area contributed by atoms with Gasteiger partial charge in [-0.3, -0.25) is 0 Å². The van der Waals surface area contributed by atoms with E-state index >= 15 is 0 Å². The van der Waals surface area contributed by atoms with E-state index in [9.17, 15) is 0 Å². The van der Waals surface area contributed by atoms with Gasteiger partial charge in [0.05, 0.1) is 19.8 Å². The molecular formula is C16H16N2O3S. The molecule has 0 bridgehead atoms. The van der Waals surface area contributed by atoms with Crippen LogP contribution in [0.1, 0.15) is 0 Å². The second-order valence-corrected chi connectivity index (χ2v) is 5.63. The minimum atomic E-state index is 0.0381. The highest BCUT2D eigenvalue weighted by Crippen LogP contribution is 2.29. The second kappa shape index (κ2) is 7.40. The van der Waals surface area contributed by atoms with Gasteiger partial charge in [0, 0.05) is 11.3 Å². The van der Waals surface area contributed by atoms with E-state index in [4.69, 9.17) is 14.3 Å². The molecule has 5 nitrogen and oxygen atoms in total. The van der Waals surface area contributed by atoms with Gasteiger partial charge in [0.15, 0.2) is 0 Å². The molecule has 114 valence electrons. The van der Waals surface area contributed by atoms with Gasteiger partial charge in [-0.05, 0) is 16.8 Å². The molecule has 3 aromatic rings. The third-order valence-corrected chi connectivity index (χ3v) is 3.90. The molecule has 6 heteroatoms. The van der Waals surface area contributed by atoms with Crippen molar-refractivity contribution in [2.24, 2.45) is 0 Å². The van der Waals surface area contributed by atoms with Crippen LogP contribution in [0.15, 0.2) is 52.1 Å². The molecule has 0 amide bonds. The predicted molar refractivity (Wildman–Crippen MR) is 85.9 cm³/mol. The molecule has 0 radical (unpaired) electrons. The van der Waals surface area contributed by atoms with Gasteiger partial charge in [-0.15, -0.1) is 10.2 Å². The summed E-state index contributed by atoms with van der Waals surface area (Å²) < 4.78 is 10.9. The Bertz CT molecular complexity index is 740. The largest absolute Gasteiger partial charge is 0.411 e. The molecule has 0 saturated heterocycles. The normalized spacial score (nSPS) is 11.1. The van der Waals surface area contributed by atoms with Crippen molar-refractivity contribution in [2.75, 3.05) is 25.6 Å². The molecule has 0 atom stereocenters. The number of thioether (sulfide) groups is 1. The van der Waals surface area contributed by atoms with Crippen LogP contribution in [0.5, 0.6) is 0 Å². The number of rotatable bonds is 7. The lowest BCUT2D eigenvalue weighted by Gasteiger charge is -2.02. The van der Waals surface area contributed by atoms with Crippen LogP contribution in [-0.4, -0.2) is 40.9 Å². The van der Waals surface area contributed by atoms with Crippen LogP contribution >= 0.6 is 11.8 Å². The Morgan fingerprint density at radius 2 is 1.91 bits per heavy atom. The first-order chi connectivity index (χ1) is 10.9. The number of aromatic nitrogens is 2. The molecule has 1 aromatic heterocycles. The van der Waals surface area contributed by atoms with Gasteiger partial charge in [-0.2, -0.15) is 0 Å². The molecule has 1 N–H and O–H groups in total. The van der Waals surface area contributed by atoms with Crippen molar-refractivity contribution in [3.63, 3.8) is 0 Å². The summed E-state index contributed by atoms with van der Waals surface area (Å²) in [4.78, 5) is 0. The van der Waals surface area contributed by atoms with Crippen LogP contribution in [0.3, 0.4) is 0 Å². The second-order valence-electron chi connectivity index (χ2n) is 4.58. The first-order valence-corrected chi connectivity index (χ1v) is 8.00. The highest BCUT2D eigenvalue weighted by molar-refractivity contribution is 7.99. The lowest BCUT2D eigenvalue weighted by molar-refractivity contribution is 0.103. The van der Waals surface area contributed by atoms with E-state index in [0.29, 0.717) is 30.1 Å². The number of aliphatic hydroxyl groups is 1. The van der Waals surface area contributed by atoms with Crippen molar-refractivity contribution >= 4 is 22.5 Å². The van der Waals surface area contributed by atoms with Gasteiger partial charge in [-0.25, -0.2) is 0 Å². The topological polar surface area (TPSA) is 68.4 Å². The standard InChI is InChI=1S/C16H16N2O3S/c19-8-9-20-10-11-22-16-18-17-15(21-16)14-7-3-5-12-4-1-2-6-13(12)14/h1-7,19H,8-11H2. The van der Waals surface area contributed by atoms with Crippen molar-refractivity contribution in [1.82, 2.24) is 10.2 Å². The molecule has 0 aliphatic heterocycles. The van der Waals surface area contributed by atoms with Crippen molar-refractivity contribution in [2.45, 2.75) is 5.22 Å². The number of hydrogen-bond donors (Lipinski definition) is 1. The van der Waals surface area contributed by atoms with Gasteiger partial charge >= 0.3 is 0 Å². The van der Waals surface area contributed by atoms with Crippen LogP contribution < -0.4 is 0 Å². The summed E-state index contributed by atoms with van der Waals surface area (Å²) in [5.74, 6) is 1.23. The average molecular weight is 316 g/mol. The van der Waals surface area contributed by atoms with Gasteiger partial charge in [0.2, 0.25) is 5.89 Å². The van der Waals surface area contributed by atoms with E-state index < -0.39 is 0 Å². The molecule has 0 aliphatic carbocycles. The Morgan fingerprint density at radius 3 is 2.82 bits per heavy atom. The quantitative estimate of drug-likeness (QED) is 0.534. The van der Waals surface area contributed by atoms with Crippen LogP contribution in [0.2, 0.25) is 0 Å². The highest BCUT2D eigenvalue weighted by atomic mass is 32.2. The van der Waals surface area contributed by atoms with Crippen LogP contribution in [0, 0.1) is 0 Å². The maximum atomic E-state index is 8.63. The van der Waals surface area contributed by atoms with E-state index in [0.717, 1.165) is 16.3 Å². The monoisotopic (exact) mass is 316 g/mol. The van der Waals surface area contributed by atoms with Crippen molar-refractivity contribution in [3.8, 4) is 11.5 Å². The van der Waals surface area contributed by atoms with E-state index in [2.05, 4.69) is 22.3 Å². The summed E-state index contributed by atoms with van der Waals surface area (Å²) in [6.45, 7) is 0.930. The Labute approximate surface area is 132 Å². The zero-order chi connectivity index (χ0) is 15.2. The number of nitrogens with zero attached hydrogens (tertiary/aromatic N) is 2. The maximum absolute atomic E-state index is 8.63. The molecule has 3 rings (SSSR count). The van der Waals surface area contributed by atoms with E-state index in [1.165, 1.54) is 11.8 Å². The molecule has 0 spiro atoms. The SMILES string of the molecule is OCCOCCSc1nnc(-c2cccc3ccccc23)o1. The summed E-state index contributed by atoms with van der Waals surface area (Å²) in [7, 11) is 0. The fraction of sp³-hybridized carbons (Fsp3) is 0.250. The maximum Gasteiger partial charge on any atom is 0.276 e. The summed E-state index contributed by atoms with van der Waals surface area (Å²) in [5, 5.41) is 19.6. The summed E-state index contributed by atoms with van der Waals surface area (Å²) in [5.41, 5.74) is 0.939. The van der Waals surface area contributed by atoms with Gasteiger partial charge in [-0.1, -0.05) is 48.2 Å². The Kier molecular flexibility index (Phi) is 5.05. The smallest absolute Gasteiger partial charge is 0.276 e. The van der Waals surface area contributed by atoms with Crippen molar-refractivity contribution < 1.29 is 14.3 Å². The fourth-order valence-electron chi connectivity index (χ4n) is 2.14. The van der Waals surface area contributed by atoms with Gasteiger partial charge < -0.3 is 14.3 Å². The van der Waals surface area contributed by atoms with Gasteiger partial charge in [0.25, 0.3) is 5.22 Å². The Hall–Kier alpha value is -1.89. The minimum absolute atomic E-state index is 0.0381. The summed E-state index contributed by atoms with van der Waals surface area (Å²) in [6.07, 6.45) is 0. The number of aliphatic hydroxyl groups excluding tert-OH is 1. The van der Waals surface area contributed by atoms with Crippen molar-refractivity contribution in [3.05, 3.63) is 42.5 Å². The third kappa shape index (κ3) is 3.47. The van der Waals surface area contributed by atoms with Crippen LogP contribution in [0.4, 0.5) is 0 Å². The van der Waals surface area contributed by atoms with Crippen LogP contribution in [0.25, 0.3) is 22.2 Å². The van der Waals surface area contributed by atoms with Crippen LogP contribution in [-0.2, 0) is 4.74 Å². The zero-order valence-corrected chi connectivity index (χ0v) is 12.8. The molecule has 0 fully saturated rings. The third-order valence-electron chi connectivity index (χ3n) is 3.12. The summed E-state index contributed by atoms with van der Waals surface area (Å²) >= 11 is 1.44. The molecule has 0 saturated carbocycles. The number of ether oxygens (including phenoxy) is 1. The number of hydrogen-bond acceptors (Lipinski definition) is 6. The Balaban J connectivity index is 1.73. The Morgan fingerprint density at radius 1 is 1.05 bits per heavy atom. The lowest BCUT2D eigenvalue weighted by Crippen LogP contribution is -2.02. The number of benzene rings is 2. The van der Waals surface area contributed by atoms with Crippen molar-refractivity contribution in [1.29, 1.82) is 0 Å². The molecule has 22 heavy (non-hydrogen) atoms. The number of fused-ring (bicyclic) bond motifs is 1. The first kappa shape index (κ1) is 15.0. The molecule has 0 unspecified atom stereocenters. The zero-order valence-electron chi connectivity index (χ0n) is 11.9. The molecule has 0 aliphatic rings.